The quantitative estimate of drug-likeness (QED) is 0.814. The van der Waals surface area contributed by atoms with Crippen molar-refractivity contribution in [3.05, 3.63) is 58.6 Å². The summed E-state index contributed by atoms with van der Waals surface area (Å²) in [5.74, 6) is 0.444. The monoisotopic (exact) mass is 422 g/mol. The number of nitrogens with one attached hydrogen (secondary N) is 1. The molecule has 2 aromatic rings. The number of hydrogen-bond donors (Lipinski definition) is 1. The average molecular weight is 422 g/mol. The summed E-state index contributed by atoms with van der Waals surface area (Å²) >= 11 is 0. The lowest BCUT2D eigenvalue weighted by Crippen LogP contribution is -2.44. The van der Waals surface area contributed by atoms with Crippen molar-refractivity contribution in [3.63, 3.8) is 0 Å². The first kappa shape index (κ1) is 20.0. The van der Waals surface area contributed by atoms with Gasteiger partial charge in [0.15, 0.2) is 0 Å². The molecule has 3 aliphatic rings. The zero-order valence-corrected chi connectivity index (χ0v) is 18.1. The molecule has 0 radical (unpaired) electrons. The van der Waals surface area contributed by atoms with Crippen LogP contribution in [0.15, 0.2) is 30.5 Å². The number of amides is 1. The predicted molar refractivity (Wildman–Crippen MR) is 114 cm³/mol. The molecule has 0 aromatic carbocycles. The maximum Gasteiger partial charge on any atom is 0.255 e. The van der Waals surface area contributed by atoms with Gasteiger partial charge in [0, 0.05) is 24.3 Å². The zero-order chi connectivity index (χ0) is 21.7. The Labute approximate surface area is 180 Å². The molecule has 4 heterocycles. The third-order valence-electron chi connectivity index (χ3n) is 6.33. The van der Waals surface area contributed by atoms with Gasteiger partial charge in [-0.25, -0.2) is 4.98 Å². The van der Waals surface area contributed by atoms with E-state index in [0.29, 0.717) is 24.7 Å². The number of aryl methyl sites for hydroxylation is 2. The molecule has 2 aliphatic heterocycles. The van der Waals surface area contributed by atoms with Crippen LogP contribution in [0, 0.1) is 13.8 Å². The molecule has 1 N–H and O–H groups in total. The number of nitrogens with zero attached hydrogens (tertiary/aromatic N) is 3. The molecule has 1 aliphatic carbocycles. The average Bonchev–Trinajstić information content (AvgIpc) is 3.39. The molecule has 1 fully saturated rings. The van der Waals surface area contributed by atoms with Crippen molar-refractivity contribution in [2.75, 3.05) is 27.4 Å². The Morgan fingerprint density at radius 1 is 1.26 bits per heavy atom. The van der Waals surface area contributed by atoms with Crippen LogP contribution in [0.25, 0.3) is 5.57 Å². The Hall–Kier alpha value is -2.97. The van der Waals surface area contributed by atoms with Crippen LogP contribution in [0.3, 0.4) is 0 Å². The van der Waals surface area contributed by atoms with Crippen LogP contribution in [0.2, 0.25) is 0 Å². The number of fused-ring (bicyclic) bond motifs is 3. The Balaban J connectivity index is 1.55. The topological polar surface area (TPSA) is 87.5 Å². The summed E-state index contributed by atoms with van der Waals surface area (Å²) in [5.41, 5.74) is 5.43. The van der Waals surface area contributed by atoms with E-state index >= 15 is 0 Å². The van der Waals surface area contributed by atoms with Gasteiger partial charge in [0.2, 0.25) is 5.88 Å². The van der Waals surface area contributed by atoms with Gasteiger partial charge in [0.25, 0.3) is 5.91 Å². The maximum atomic E-state index is 12.9. The predicted octanol–water partition coefficient (Wildman–Crippen LogP) is 2.34. The molecule has 5 rings (SSSR count). The number of ether oxygens (including phenoxy) is 3. The van der Waals surface area contributed by atoms with Crippen LogP contribution in [0.4, 0.5) is 0 Å². The standard InChI is InChI=1S/C23H26N4O4/c1-12-7-13(2)25-23(30-4)20(12)14-5-6-15-17(8-14)26-22(28)16-9-24-27(21(15)16)18-10-31-11-19(18)29-3/h5-9,15,17-19H,10-11H2,1-4H3,(H,26,28)/t15?,17?,18-,19-/m1/s1. The van der Waals surface area contributed by atoms with E-state index in [1.54, 1.807) is 20.4 Å². The third-order valence-corrected chi connectivity index (χ3v) is 6.33. The maximum absolute atomic E-state index is 12.9. The molecule has 31 heavy (non-hydrogen) atoms. The van der Waals surface area contributed by atoms with Gasteiger partial charge in [0.1, 0.15) is 12.1 Å². The third kappa shape index (κ3) is 3.18. The molecule has 0 bridgehead atoms. The molecular weight excluding hydrogens is 396 g/mol. The molecule has 1 saturated heterocycles. The van der Waals surface area contributed by atoms with Crippen molar-refractivity contribution < 1.29 is 19.0 Å². The number of pyridine rings is 1. The highest BCUT2D eigenvalue weighted by atomic mass is 16.5. The Morgan fingerprint density at radius 2 is 2.10 bits per heavy atom. The number of rotatable bonds is 4. The van der Waals surface area contributed by atoms with E-state index in [2.05, 4.69) is 33.6 Å². The second kappa shape index (κ2) is 7.62. The van der Waals surface area contributed by atoms with Crippen molar-refractivity contribution in [1.29, 1.82) is 0 Å². The van der Waals surface area contributed by atoms with Gasteiger partial charge < -0.3 is 19.5 Å². The van der Waals surface area contributed by atoms with E-state index in [1.165, 1.54) is 0 Å². The van der Waals surface area contributed by atoms with Gasteiger partial charge in [-0.2, -0.15) is 5.10 Å². The van der Waals surface area contributed by atoms with Crippen molar-refractivity contribution in [1.82, 2.24) is 20.1 Å². The highest BCUT2D eigenvalue weighted by molar-refractivity contribution is 5.98. The Morgan fingerprint density at radius 3 is 2.87 bits per heavy atom. The van der Waals surface area contributed by atoms with Gasteiger partial charge in [-0.15, -0.1) is 0 Å². The molecule has 2 aromatic heterocycles. The van der Waals surface area contributed by atoms with Crippen molar-refractivity contribution >= 4 is 11.5 Å². The molecule has 2 unspecified atom stereocenters. The van der Waals surface area contributed by atoms with Crippen LogP contribution in [-0.4, -0.2) is 60.3 Å². The zero-order valence-electron chi connectivity index (χ0n) is 18.1. The molecular formula is C23H26N4O4. The second-order valence-electron chi connectivity index (χ2n) is 8.24. The minimum atomic E-state index is -0.191. The summed E-state index contributed by atoms with van der Waals surface area (Å²) in [7, 11) is 3.31. The van der Waals surface area contributed by atoms with Crippen molar-refractivity contribution in [2.24, 2.45) is 0 Å². The summed E-state index contributed by atoms with van der Waals surface area (Å²) in [6.45, 7) is 5.03. The van der Waals surface area contributed by atoms with Gasteiger partial charge in [-0.3, -0.25) is 9.48 Å². The lowest BCUT2D eigenvalue weighted by Gasteiger charge is -2.33. The lowest BCUT2D eigenvalue weighted by molar-refractivity contribution is 0.0655. The minimum Gasteiger partial charge on any atom is -0.481 e. The van der Waals surface area contributed by atoms with Gasteiger partial charge in [-0.1, -0.05) is 18.2 Å². The van der Waals surface area contributed by atoms with Crippen molar-refractivity contribution in [3.8, 4) is 5.88 Å². The van der Waals surface area contributed by atoms with E-state index in [4.69, 9.17) is 14.2 Å². The van der Waals surface area contributed by atoms with E-state index < -0.39 is 0 Å². The van der Waals surface area contributed by atoms with Crippen LogP contribution in [-0.2, 0) is 9.47 Å². The van der Waals surface area contributed by atoms with E-state index in [1.807, 2.05) is 24.6 Å². The number of aromatic nitrogens is 3. The number of methoxy groups -OCH3 is 2. The summed E-state index contributed by atoms with van der Waals surface area (Å²) < 4.78 is 18.7. The molecule has 4 atom stereocenters. The normalized spacial score (nSPS) is 26.8. The molecule has 8 nitrogen and oxygen atoms in total. The first-order chi connectivity index (χ1) is 15.0. The molecule has 0 spiro atoms. The first-order valence-corrected chi connectivity index (χ1v) is 10.4. The number of carbonyl (C=O) groups excluding carboxylic acids is 1. The smallest absolute Gasteiger partial charge is 0.255 e. The van der Waals surface area contributed by atoms with E-state index in [9.17, 15) is 4.79 Å². The van der Waals surface area contributed by atoms with Gasteiger partial charge >= 0.3 is 0 Å². The van der Waals surface area contributed by atoms with Crippen LogP contribution < -0.4 is 10.1 Å². The van der Waals surface area contributed by atoms with E-state index in [-0.39, 0.29) is 30.0 Å². The fourth-order valence-corrected chi connectivity index (χ4v) is 4.89. The Bertz CT molecular complexity index is 1100. The fraction of sp³-hybridized carbons (Fsp3) is 0.435. The second-order valence-corrected chi connectivity index (χ2v) is 8.24. The summed E-state index contributed by atoms with van der Waals surface area (Å²) in [4.78, 5) is 17.4. The molecule has 162 valence electrons. The fourth-order valence-electron chi connectivity index (χ4n) is 4.89. The Kier molecular flexibility index (Phi) is 4.91. The number of carbonyl (C=O) groups is 1. The summed E-state index contributed by atoms with van der Waals surface area (Å²) in [6.07, 6.45) is 7.87. The lowest BCUT2D eigenvalue weighted by atomic mass is 9.82. The molecule has 1 amide bonds. The molecule has 8 heteroatoms. The van der Waals surface area contributed by atoms with Gasteiger partial charge in [-0.05, 0) is 31.1 Å². The summed E-state index contributed by atoms with van der Waals surface area (Å²) in [6, 6.07) is 1.79. The van der Waals surface area contributed by atoms with Crippen molar-refractivity contribution in [2.45, 2.75) is 38.0 Å². The van der Waals surface area contributed by atoms with Gasteiger partial charge in [0.05, 0.1) is 43.8 Å². The van der Waals surface area contributed by atoms with E-state index in [0.717, 1.165) is 28.1 Å². The van der Waals surface area contributed by atoms with Crippen LogP contribution in [0.1, 0.15) is 44.8 Å². The highest BCUT2D eigenvalue weighted by Gasteiger charge is 2.40. The highest BCUT2D eigenvalue weighted by Crippen LogP contribution is 2.40. The first-order valence-electron chi connectivity index (χ1n) is 10.4. The minimum absolute atomic E-state index is 0.0261. The van der Waals surface area contributed by atoms with Crippen LogP contribution >= 0.6 is 0 Å². The number of hydrogen-bond acceptors (Lipinski definition) is 6. The summed E-state index contributed by atoms with van der Waals surface area (Å²) in [5, 5.41) is 7.69. The SMILES string of the molecule is COc1nc(C)cc(C)c1C1=CC2NC(=O)c3cnn([C@@H]4COC[C@H]4OC)c3C2C=C1. The molecule has 0 saturated carbocycles. The van der Waals surface area contributed by atoms with Crippen LogP contribution in [0.5, 0.6) is 5.88 Å². The largest absolute Gasteiger partial charge is 0.481 e. The number of allylic oxidation sites excluding steroid dienone is 2.